The Labute approximate surface area is 160 Å². The predicted octanol–water partition coefficient (Wildman–Crippen LogP) is 2.56. The maximum absolute atomic E-state index is 12.9. The summed E-state index contributed by atoms with van der Waals surface area (Å²) in [6.45, 7) is 7.86. The molecule has 2 heterocycles. The first-order valence-corrected chi connectivity index (χ1v) is 9.56. The molecule has 1 aromatic carbocycles. The fraction of sp³-hybridized carbons (Fsp3) is 0.476. The number of carbonyl (C=O) groups excluding carboxylic acids is 2. The van der Waals surface area contributed by atoms with Crippen LogP contribution in [-0.2, 0) is 11.3 Å². The Balaban J connectivity index is 1.59. The molecule has 0 bridgehead atoms. The lowest BCUT2D eigenvalue weighted by Gasteiger charge is -2.33. The molecule has 2 aromatic rings. The van der Waals surface area contributed by atoms with Crippen LogP contribution in [0, 0.1) is 19.8 Å². The van der Waals surface area contributed by atoms with Gasteiger partial charge in [-0.2, -0.15) is 0 Å². The molecule has 6 heteroatoms. The Kier molecular flexibility index (Phi) is 5.94. The van der Waals surface area contributed by atoms with Crippen molar-refractivity contribution < 1.29 is 9.59 Å². The number of imidazole rings is 1. The molecule has 0 spiro atoms. The summed E-state index contributed by atoms with van der Waals surface area (Å²) >= 11 is 0. The number of aryl methyl sites for hydroxylation is 2. The van der Waals surface area contributed by atoms with Gasteiger partial charge in [-0.25, -0.2) is 4.98 Å². The molecule has 0 aliphatic carbocycles. The average Bonchev–Trinajstić information content (AvgIpc) is 3.13. The van der Waals surface area contributed by atoms with Gasteiger partial charge in [0.1, 0.15) is 0 Å². The van der Waals surface area contributed by atoms with Gasteiger partial charge in [-0.15, -0.1) is 0 Å². The number of carbonyl (C=O) groups is 2. The van der Waals surface area contributed by atoms with Crippen LogP contribution in [-0.4, -0.2) is 45.4 Å². The van der Waals surface area contributed by atoms with Crippen molar-refractivity contribution in [3.8, 4) is 0 Å². The second-order valence-corrected chi connectivity index (χ2v) is 7.64. The fourth-order valence-corrected chi connectivity index (χ4v) is 3.77. The number of amides is 2. The number of piperidine rings is 1. The zero-order valence-corrected chi connectivity index (χ0v) is 16.3. The van der Waals surface area contributed by atoms with Crippen molar-refractivity contribution in [3.63, 3.8) is 0 Å². The van der Waals surface area contributed by atoms with Crippen LogP contribution in [0.25, 0.3) is 0 Å². The molecule has 1 aromatic heterocycles. The highest BCUT2D eigenvalue weighted by Crippen LogP contribution is 2.20. The number of nitrogens with one attached hydrogen (secondary N) is 1. The van der Waals surface area contributed by atoms with Gasteiger partial charge in [0.15, 0.2) is 0 Å². The van der Waals surface area contributed by atoms with E-state index in [1.807, 2.05) is 48.6 Å². The van der Waals surface area contributed by atoms with Crippen LogP contribution in [0.1, 0.15) is 41.3 Å². The summed E-state index contributed by atoms with van der Waals surface area (Å²) in [5, 5.41) is 3.08. The summed E-state index contributed by atoms with van der Waals surface area (Å²) in [5.41, 5.74) is 2.87. The van der Waals surface area contributed by atoms with Crippen molar-refractivity contribution in [3.05, 3.63) is 53.6 Å². The lowest BCUT2D eigenvalue weighted by atomic mass is 9.95. The van der Waals surface area contributed by atoms with Gasteiger partial charge < -0.3 is 14.8 Å². The molecular formula is C21H28N4O2. The van der Waals surface area contributed by atoms with E-state index >= 15 is 0 Å². The molecule has 1 saturated heterocycles. The average molecular weight is 368 g/mol. The van der Waals surface area contributed by atoms with E-state index in [2.05, 4.69) is 16.4 Å². The molecule has 0 unspecified atom stereocenters. The highest BCUT2D eigenvalue weighted by Gasteiger charge is 2.29. The summed E-state index contributed by atoms with van der Waals surface area (Å²) < 4.78 is 1.95. The number of likely N-dealkylation sites (tertiary alicyclic amines) is 1. The smallest absolute Gasteiger partial charge is 0.253 e. The van der Waals surface area contributed by atoms with Gasteiger partial charge in [0, 0.05) is 43.6 Å². The summed E-state index contributed by atoms with van der Waals surface area (Å²) in [6.07, 6.45) is 7.03. The van der Waals surface area contributed by atoms with Crippen LogP contribution in [0.4, 0.5) is 0 Å². The Bertz CT molecular complexity index is 780. The molecule has 1 aliphatic heterocycles. The van der Waals surface area contributed by atoms with Crippen LogP contribution in [0.2, 0.25) is 0 Å². The van der Waals surface area contributed by atoms with Crippen molar-refractivity contribution in [1.82, 2.24) is 19.8 Å². The molecule has 3 rings (SSSR count). The third-order valence-electron chi connectivity index (χ3n) is 4.98. The number of hydrogen-bond acceptors (Lipinski definition) is 3. The topological polar surface area (TPSA) is 67.2 Å². The zero-order chi connectivity index (χ0) is 19.4. The second kappa shape index (κ2) is 8.37. The number of nitrogens with zero attached hydrogens (tertiary/aromatic N) is 3. The van der Waals surface area contributed by atoms with Gasteiger partial charge in [-0.1, -0.05) is 17.2 Å². The molecule has 0 saturated carbocycles. The maximum atomic E-state index is 12.9. The highest BCUT2D eigenvalue weighted by molar-refractivity contribution is 5.95. The molecular weight excluding hydrogens is 340 g/mol. The first-order chi connectivity index (χ1) is 12.9. The first kappa shape index (κ1) is 19.1. The van der Waals surface area contributed by atoms with E-state index in [1.54, 1.807) is 12.5 Å². The Morgan fingerprint density at radius 1 is 1.26 bits per heavy atom. The van der Waals surface area contributed by atoms with E-state index in [4.69, 9.17) is 0 Å². The minimum atomic E-state index is -0.154. The van der Waals surface area contributed by atoms with Gasteiger partial charge >= 0.3 is 0 Å². The summed E-state index contributed by atoms with van der Waals surface area (Å²) in [5.74, 6) is -0.106. The van der Waals surface area contributed by atoms with Gasteiger partial charge in [0.2, 0.25) is 5.91 Å². The normalized spacial score (nSPS) is 18.2. The monoisotopic (exact) mass is 368 g/mol. The quantitative estimate of drug-likeness (QED) is 0.882. The molecule has 2 atom stereocenters. The molecule has 6 nitrogen and oxygen atoms in total. The van der Waals surface area contributed by atoms with Gasteiger partial charge in [-0.3, -0.25) is 9.59 Å². The third-order valence-corrected chi connectivity index (χ3v) is 4.98. The third kappa shape index (κ3) is 4.96. The Morgan fingerprint density at radius 3 is 2.67 bits per heavy atom. The largest absolute Gasteiger partial charge is 0.352 e. The van der Waals surface area contributed by atoms with Crippen molar-refractivity contribution in [1.29, 1.82) is 0 Å². The predicted molar refractivity (Wildman–Crippen MR) is 104 cm³/mol. The number of benzene rings is 1. The lowest BCUT2D eigenvalue weighted by molar-refractivity contribution is -0.127. The Morgan fingerprint density at radius 2 is 2.00 bits per heavy atom. The molecule has 27 heavy (non-hydrogen) atoms. The summed E-state index contributed by atoms with van der Waals surface area (Å²) in [4.78, 5) is 31.4. The van der Waals surface area contributed by atoms with Crippen LogP contribution in [0.3, 0.4) is 0 Å². The summed E-state index contributed by atoms with van der Waals surface area (Å²) in [7, 11) is 0. The van der Waals surface area contributed by atoms with Crippen LogP contribution in [0.5, 0.6) is 0 Å². The van der Waals surface area contributed by atoms with Crippen LogP contribution < -0.4 is 5.32 Å². The molecule has 0 radical (unpaired) electrons. The van der Waals surface area contributed by atoms with Crippen LogP contribution in [0.15, 0.2) is 36.9 Å². The fourth-order valence-electron chi connectivity index (χ4n) is 3.77. The molecule has 2 amide bonds. The van der Waals surface area contributed by atoms with E-state index < -0.39 is 0 Å². The molecule has 1 fully saturated rings. The number of rotatable bonds is 5. The van der Waals surface area contributed by atoms with Crippen LogP contribution >= 0.6 is 0 Å². The maximum Gasteiger partial charge on any atom is 0.253 e. The van der Waals surface area contributed by atoms with Crippen molar-refractivity contribution in [2.45, 2.75) is 46.2 Å². The molecule has 1 aliphatic rings. The van der Waals surface area contributed by atoms with Crippen molar-refractivity contribution >= 4 is 11.8 Å². The standard InChI is InChI=1S/C21H28N4O2/c1-15-9-16(2)11-19(10-15)21(27)25-7-4-5-18(13-25)20(26)23-17(3)12-24-8-6-22-14-24/h6,8-11,14,17-18H,4-5,7,12-13H2,1-3H3,(H,23,26)/t17-,18-/m0/s1. The minimum absolute atomic E-state index is 0.0113. The van der Waals surface area contributed by atoms with E-state index in [1.165, 1.54) is 0 Å². The van der Waals surface area contributed by atoms with E-state index in [0.29, 0.717) is 25.2 Å². The lowest BCUT2D eigenvalue weighted by Crippen LogP contribution is -2.47. The van der Waals surface area contributed by atoms with Crippen molar-refractivity contribution in [2.75, 3.05) is 13.1 Å². The van der Waals surface area contributed by atoms with E-state index in [0.717, 1.165) is 24.0 Å². The highest BCUT2D eigenvalue weighted by atomic mass is 16.2. The number of hydrogen-bond donors (Lipinski definition) is 1. The minimum Gasteiger partial charge on any atom is -0.352 e. The zero-order valence-electron chi connectivity index (χ0n) is 16.3. The summed E-state index contributed by atoms with van der Waals surface area (Å²) in [6, 6.07) is 5.92. The Hall–Kier alpha value is -2.63. The van der Waals surface area contributed by atoms with Gasteiger partial charge in [0.05, 0.1) is 12.2 Å². The number of aromatic nitrogens is 2. The van der Waals surface area contributed by atoms with E-state index in [-0.39, 0.29) is 23.8 Å². The van der Waals surface area contributed by atoms with Gasteiger partial charge in [0.25, 0.3) is 5.91 Å². The van der Waals surface area contributed by atoms with E-state index in [9.17, 15) is 9.59 Å². The SMILES string of the molecule is Cc1cc(C)cc(C(=O)N2CCC[C@H](C(=O)N[C@@H](C)Cn3ccnc3)C2)c1. The first-order valence-electron chi connectivity index (χ1n) is 9.56. The molecule has 1 N–H and O–H groups in total. The van der Waals surface area contributed by atoms with Crippen molar-refractivity contribution in [2.24, 2.45) is 5.92 Å². The molecule has 144 valence electrons. The van der Waals surface area contributed by atoms with Gasteiger partial charge in [-0.05, 0) is 45.7 Å². The second-order valence-electron chi connectivity index (χ2n) is 7.64.